The van der Waals surface area contributed by atoms with E-state index in [1.807, 2.05) is 13.0 Å². The topological polar surface area (TPSA) is 67.4 Å². The Balaban J connectivity index is 1.68. The lowest BCUT2D eigenvalue weighted by atomic mass is 10.00. The van der Waals surface area contributed by atoms with Gasteiger partial charge in [-0.1, -0.05) is 0 Å². The van der Waals surface area contributed by atoms with Gasteiger partial charge in [0.2, 0.25) is 5.91 Å². The highest BCUT2D eigenvalue weighted by atomic mass is 16.5. The van der Waals surface area contributed by atoms with Gasteiger partial charge < -0.3 is 15.4 Å². The van der Waals surface area contributed by atoms with Crippen LogP contribution in [0, 0.1) is 0 Å². The Kier molecular flexibility index (Phi) is 3.92. The fourth-order valence-corrected chi connectivity index (χ4v) is 2.90. The molecule has 2 aliphatic heterocycles. The molecule has 0 spiro atoms. The van der Waals surface area contributed by atoms with Crippen molar-refractivity contribution >= 4 is 17.5 Å². The highest BCUT2D eigenvalue weighted by Gasteiger charge is 2.24. The number of carbonyl (C=O) groups excluding carboxylic acids is 2. The Morgan fingerprint density at radius 1 is 1.43 bits per heavy atom. The molecule has 1 aromatic carbocycles. The Labute approximate surface area is 124 Å². The SMILES string of the molecule is CC(NC(=O)c1ccc2c(c1)CCC(=O)N2)C1CCCO1. The molecule has 1 saturated heterocycles. The molecule has 0 aromatic heterocycles. The van der Waals surface area contributed by atoms with Gasteiger partial charge in [-0.15, -0.1) is 0 Å². The molecule has 1 aromatic rings. The van der Waals surface area contributed by atoms with Crippen molar-refractivity contribution in [2.45, 2.75) is 44.8 Å². The highest BCUT2D eigenvalue weighted by molar-refractivity contribution is 5.98. The predicted molar refractivity (Wildman–Crippen MR) is 79.3 cm³/mol. The van der Waals surface area contributed by atoms with Crippen LogP contribution in [0.2, 0.25) is 0 Å². The zero-order chi connectivity index (χ0) is 14.8. The molecule has 2 aliphatic rings. The first-order chi connectivity index (χ1) is 10.1. The van der Waals surface area contributed by atoms with Crippen LogP contribution in [-0.2, 0) is 16.0 Å². The molecule has 2 N–H and O–H groups in total. The summed E-state index contributed by atoms with van der Waals surface area (Å²) in [6.45, 7) is 2.76. The van der Waals surface area contributed by atoms with Crippen LogP contribution in [0.15, 0.2) is 18.2 Å². The van der Waals surface area contributed by atoms with Crippen LogP contribution < -0.4 is 10.6 Å². The average molecular weight is 288 g/mol. The first kappa shape index (κ1) is 14.1. The molecule has 112 valence electrons. The minimum Gasteiger partial charge on any atom is -0.376 e. The van der Waals surface area contributed by atoms with E-state index in [1.54, 1.807) is 12.1 Å². The molecule has 5 nitrogen and oxygen atoms in total. The number of anilines is 1. The fourth-order valence-electron chi connectivity index (χ4n) is 2.90. The number of amides is 2. The number of carbonyl (C=O) groups is 2. The number of ether oxygens (including phenoxy) is 1. The van der Waals surface area contributed by atoms with Crippen LogP contribution in [0.1, 0.15) is 42.1 Å². The van der Waals surface area contributed by atoms with Crippen LogP contribution >= 0.6 is 0 Å². The van der Waals surface area contributed by atoms with Crippen LogP contribution in [-0.4, -0.2) is 30.6 Å². The molecule has 2 amide bonds. The zero-order valence-electron chi connectivity index (χ0n) is 12.1. The first-order valence-corrected chi connectivity index (χ1v) is 7.49. The van der Waals surface area contributed by atoms with Gasteiger partial charge in [-0.2, -0.15) is 0 Å². The van der Waals surface area contributed by atoms with E-state index in [9.17, 15) is 9.59 Å². The van der Waals surface area contributed by atoms with Crippen molar-refractivity contribution in [2.75, 3.05) is 11.9 Å². The molecule has 21 heavy (non-hydrogen) atoms. The summed E-state index contributed by atoms with van der Waals surface area (Å²) in [5.74, 6) is -0.0515. The summed E-state index contributed by atoms with van der Waals surface area (Å²) >= 11 is 0. The molecule has 0 radical (unpaired) electrons. The Hall–Kier alpha value is -1.88. The predicted octanol–water partition coefficient (Wildman–Crippen LogP) is 1.87. The van der Waals surface area contributed by atoms with Crippen molar-refractivity contribution in [1.82, 2.24) is 5.32 Å². The van der Waals surface area contributed by atoms with Crippen LogP contribution in [0.4, 0.5) is 5.69 Å². The molecule has 1 fully saturated rings. The summed E-state index contributed by atoms with van der Waals surface area (Å²) in [4.78, 5) is 23.6. The lowest BCUT2D eigenvalue weighted by Gasteiger charge is -2.21. The van der Waals surface area contributed by atoms with Crippen molar-refractivity contribution in [3.8, 4) is 0 Å². The van der Waals surface area contributed by atoms with E-state index >= 15 is 0 Å². The average Bonchev–Trinajstić information content (AvgIpc) is 3.01. The zero-order valence-corrected chi connectivity index (χ0v) is 12.1. The maximum atomic E-state index is 12.3. The van der Waals surface area contributed by atoms with Gasteiger partial charge in [0.15, 0.2) is 0 Å². The summed E-state index contributed by atoms with van der Waals surface area (Å²) in [5.41, 5.74) is 2.47. The summed E-state index contributed by atoms with van der Waals surface area (Å²) in [5, 5.41) is 5.82. The quantitative estimate of drug-likeness (QED) is 0.892. The smallest absolute Gasteiger partial charge is 0.251 e. The third-order valence-electron chi connectivity index (χ3n) is 4.14. The second kappa shape index (κ2) is 5.85. The number of hydrogen-bond acceptors (Lipinski definition) is 3. The molecule has 3 rings (SSSR count). The van der Waals surface area contributed by atoms with Crippen molar-refractivity contribution in [2.24, 2.45) is 0 Å². The molecule has 5 heteroatoms. The number of hydrogen-bond donors (Lipinski definition) is 2. The minimum absolute atomic E-state index is 0.00994. The normalized spacial score (nSPS) is 22.3. The van der Waals surface area contributed by atoms with Gasteiger partial charge >= 0.3 is 0 Å². The van der Waals surface area contributed by atoms with Crippen LogP contribution in [0.3, 0.4) is 0 Å². The second-order valence-electron chi connectivity index (χ2n) is 5.73. The van der Waals surface area contributed by atoms with Gasteiger partial charge in [0, 0.05) is 24.3 Å². The standard InChI is InChI=1S/C16H20N2O3/c1-10(14-3-2-8-21-14)17-16(20)12-4-6-13-11(9-12)5-7-15(19)18-13/h4,6,9-10,14H,2-3,5,7-8H2,1H3,(H,17,20)(H,18,19). The van der Waals surface area contributed by atoms with E-state index in [4.69, 9.17) is 4.74 Å². The van der Waals surface area contributed by atoms with E-state index in [2.05, 4.69) is 10.6 Å². The van der Waals surface area contributed by atoms with Gasteiger partial charge in [-0.25, -0.2) is 0 Å². The van der Waals surface area contributed by atoms with Gasteiger partial charge in [-0.3, -0.25) is 9.59 Å². The first-order valence-electron chi connectivity index (χ1n) is 7.49. The Morgan fingerprint density at radius 3 is 3.05 bits per heavy atom. The molecule has 2 atom stereocenters. The van der Waals surface area contributed by atoms with Crippen LogP contribution in [0.5, 0.6) is 0 Å². The third kappa shape index (κ3) is 3.08. The van der Waals surface area contributed by atoms with Gasteiger partial charge in [0.1, 0.15) is 0 Å². The number of nitrogens with one attached hydrogen (secondary N) is 2. The van der Waals surface area contributed by atoms with Gasteiger partial charge in [0.25, 0.3) is 5.91 Å². The Bertz CT molecular complexity index is 565. The highest BCUT2D eigenvalue weighted by Crippen LogP contribution is 2.24. The van der Waals surface area contributed by atoms with Crippen molar-refractivity contribution in [1.29, 1.82) is 0 Å². The van der Waals surface area contributed by atoms with Crippen LogP contribution in [0.25, 0.3) is 0 Å². The molecule has 0 aliphatic carbocycles. The number of aryl methyl sites for hydroxylation is 1. The summed E-state index contributed by atoms with van der Waals surface area (Å²) < 4.78 is 5.59. The van der Waals surface area contributed by atoms with E-state index < -0.39 is 0 Å². The summed E-state index contributed by atoms with van der Waals surface area (Å²) in [6, 6.07) is 5.43. The van der Waals surface area contributed by atoms with Crippen molar-refractivity contribution in [3.63, 3.8) is 0 Å². The molecule has 0 saturated carbocycles. The number of fused-ring (bicyclic) bond motifs is 1. The monoisotopic (exact) mass is 288 g/mol. The molecular weight excluding hydrogens is 268 g/mol. The van der Waals surface area contributed by atoms with Crippen molar-refractivity contribution in [3.05, 3.63) is 29.3 Å². The molecule has 2 heterocycles. The maximum absolute atomic E-state index is 12.3. The molecular formula is C16H20N2O3. The lowest BCUT2D eigenvalue weighted by Crippen LogP contribution is -2.40. The van der Waals surface area contributed by atoms with E-state index in [1.165, 1.54) is 0 Å². The van der Waals surface area contributed by atoms with E-state index in [0.29, 0.717) is 18.4 Å². The molecule has 2 unspecified atom stereocenters. The largest absolute Gasteiger partial charge is 0.376 e. The lowest BCUT2D eigenvalue weighted by molar-refractivity contribution is -0.116. The number of rotatable bonds is 3. The van der Waals surface area contributed by atoms with E-state index in [-0.39, 0.29) is 24.0 Å². The van der Waals surface area contributed by atoms with E-state index in [0.717, 1.165) is 30.7 Å². The maximum Gasteiger partial charge on any atom is 0.251 e. The number of benzene rings is 1. The minimum atomic E-state index is -0.0855. The second-order valence-corrected chi connectivity index (χ2v) is 5.73. The summed E-state index contributed by atoms with van der Waals surface area (Å²) in [7, 11) is 0. The molecule has 0 bridgehead atoms. The van der Waals surface area contributed by atoms with Gasteiger partial charge in [-0.05, 0) is 49.9 Å². The van der Waals surface area contributed by atoms with Crippen molar-refractivity contribution < 1.29 is 14.3 Å². The Morgan fingerprint density at radius 2 is 2.29 bits per heavy atom. The summed E-state index contributed by atoms with van der Waals surface area (Å²) in [6.07, 6.45) is 3.33. The fraction of sp³-hybridized carbons (Fsp3) is 0.500. The van der Waals surface area contributed by atoms with Gasteiger partial charge in [0.05, 0.1) is 12.1 Å². The third-order valence-corrected chi connectivity index (χ3v) is 4.14.